The van der Waals surface area contributed by atoms with Crippen molar-refractivity contribution in [1.82, 2.24) is 4.57 Å². The molecule has 0 saturated carbocycles. The number of hydrogen-bond acceptors (Lipinski definition) is 7. The summed E-state index contributed by atoms with van der Waals surface area (Å²) < 4.78 is 18.8. The Morgan fingerprint density at radius 3 is 2.45 bits per heavy atom. The molecule has 0 bridgehead atoms. The van der Waals surface area contributed by atoms with Gasteiger partial charge in [0.05, 0.1) is 36.6 Å². The van der Waals surface area contributed by atoms with E-state index in [1.165, 1.54) is 16.9 Å². The minimum absolute atomic E-state index is 0.209. The number of ether oxygens (including phenoxy) is 3. The Bertz CT molecular complexity index is 1530. The zero-order chi connectivity index (χ0) is 27.4. The summed E-state index contributed by atoms with van der Waals surface area (Å²) >= 11 is 1.32. The van der Waals surface area contributed by atoms with Gasteiger partial charge in [-0.1, -0.05) is 62.8 Å². The Labute approximate surface area is 226 Å². The van der Waals surface area contributed by atoms with E-state index in [4.69, 9.17) is 19.2 Å². The predicted octanol–water partition coefficient (Wildman–Crippen LogP) is 4.72. The minimum Gasteiger partial charge on any atom is -0.497 e. The van der Waals surface area contributed by atoms with Gasteiger partial charge in [0.1, 0.15) is 17.5 Å². The molecule has 200 valence electrons. The Hall–Kier alpha value is -3.65. The fraction of sp³-hybridized carbons (Fsp3) is 0.367. The molecule has 2 heterocycles. The molecule has 38 heavy (non-hydrogen) atoms. The van der Waals surface area contributed by atoms with Gasteiger partial charge < -0.3 is 14.2 Å². The molecule has 4 rings (SSSR count). The van der Waals surface area contributed by atoms with E-state index in [0.29, 0.717) is 50.0 Å². The van der Waals surface area contributed by atoms with Crippen molar-refractivity contribution in [3.63, 3.8) is 0 Å². The third kappa shape index (κ3) is 5.31. The Morgan fingerprint density at radius 1 is 1.11 bits per heavy atom. The molecule has 0 fully saturated rings. The van der Waals surface area contributed by atoms with Crippen LogP contribution < -0.4 is 24.4 Å². The molecule has 8 heteroatoms. The molecule has 2 aromatic carbocycles. The first-order chi connectivity index (χ1) is 18.3. The van der Waals surface area contributed by atoms with E-state index >= 15 is 0 Å². The van der Waals surface area contributed by atoms with Crippen molar-refractivity contribution in [3.05, 3.63) is 90.1 Å². The molecule has 1 aromatic heterocycles. The fourth-order valence-electron chi connectivity index (χ4n) is 4.60. The van der Waals surface area contributed by atoms with Gasteiger partial charge in [0.25, 0.3) is 5.56 Å². The van der Waals surface area contributed by atoms with Gasteiger partial charge in [-0.15, -0.1) is 0 Å². The molecule has 0 radical (unpaired) electrons. The summed E-state index contributed by atoms with van der Waals surface area (Å²) in [5.74, 6) is 1.05. The van der Waals surface area contributed by atoms with Crippen LogP contribution in [0.3, 0.4) is 0 Å². The summed E-state index contributed by atoms with van der Waals surface area (Å²) in [5.41, 5.74) is 3.53. The molecule has 7 nitrogen and oxygen atoms in total. The number of allylic oxidation sites excluding steroid dienone is 1. The lowest BCUT2D eigenvalue weighted by molar-refractivity contribution is -0.139. The number of nitrogens with zero attached hydrogens (tertiary/aromatic N) is 2. The van der Waals surface area contributed by atoms with Gasteiger partial charge >= 0.3 is 5.97 Å². The van der Waals surface area contributed by atoms with Crippen LogP contribution >= 0.6 is 11.3 Å². The highest BCUT2D eigenvalue weighted by atomic mass is 32.1. The van der Waals surface area contributed by atoms with Crippen LogP contribution in [0.5, 0.6) is 11.5 Å². The highest BCUT2D eigenvalue weighted by Crippen LogP contribution is 2.38. The molecule has 1 atom stereocenters. The first-order valence-corrected chi connectivity index (χ1v) is 13.7. The summed E-state index contributed by atoms with van der Waals surface area (Å²) in [5, 5.41) is 0. The van der Waals surface area contributed by atoms with Gasteiger partial charge in [-0.2, -0.15) is 0 Å². The second kappa shape index (κ2) is 11.8. The number of fused-ring (bicyclic) bond motifs is 1. The van der Waals surface area contributed by atoms with Crippen LogP contribution in [0.2, 0.25) is 0 Å². The van der Waals surface area contributed by atoms with E-state index in [2.05, 4.69) is 26.0 Å². The zero-order valence-electron chi connectivity index (χ0n) is 22.7. The fourth-order valence-corrected chi connectivity index (χ4v) is 5.62. The lowest BCUT2D eigenvalue weighted by atomic mass is 9.93. The van der Waals surface area contributed by atoms with Crippen LogP contribution in [0.15, 0.2) is 63.5 Å². The Balaban J connectivity index is 2.01. The van der Waals surface area contributed by atoms with Gasteiger partial charge in [-0.25, -0.2) is 9.79 Å². The van der Waals surface area contributed by atoms with E-state index in [-0.39, 0.29) is 12.2 Å². The molecule has 0 amide bonds. The van der Waals surface area contributed by atoms with E-state index < -0.39 is 12.0 Å². The van der Waals surface area contributed by atoms with Crippen molar-refractivity contribution in [2.75, 3.05) is 20.8 Å². The molecule has 0 saturated heterocycles. The number of carbonyl (C=O) groups excluding carboxylic acids is 1. The number of aromatic nitrogens is 1. The average molecular weight is 535 g/mol. The monoisotopic (exact) mass is 534 g/mol. The number of rotatable bonds is 9. The Kier molecular flexibility index (Phi) is 8.52. The number of methoxy groups -OCH3 is 2. The maximum absolute atomic E-state index is 14.0. The standard InChI is InChI=1S/C30H34N2O5S/c1-7-9-23-26(29(34)37-8-2)27(22-17-21(35-5)14-15-24(22)36-6)32-28(33)25(38-30(32)31-23)16-19-10-12-20(13-11-19)18(3)4/h10-18,27H,7-9H2,1-6H3/b25-16-/t27-/m0/s1. The molecular formula is C30H34N2O5S. The van der Waals surface area contributed by atoms with Crippen LogP contribution in [0, 0.1) is 0 Å². The van der Waals surface area contributed by atoms with Crippen molar-refractivity contribution in [2.24, 2.45) is 4.99 Å². The summed E-state index contributed by atoms with van der Waals surface area (Å²) in [6.45, 7) is 8.30. The highest BCUT2D eigenvalue weighted by molar-refractivity contribution is 7.07. The number of hydrogen-bond donors (Lipinski definition) is 0. The number of carbonyl (C=O) groups is 1. The molecule has 0 unspecified atom stereocenters. The topological polar surface area (TPSA) is 79.1 Å². The molecule has 0 N–H and O–H groups in total. The smallest absolute Gasteiger partial charge is 0.338 e. The predicted molar refractivity (Wildman–Crippen MR) is 150 cm³/mol. The maximum Gasteiger partial charge on any atom is 0.338 e. The highest BCUT2D eigenvalue weighted by Gasteiger charge is 2.36. The lowest BCUT2D eigenvalue weighted by Gasteiger charge is -2.27. The Morgan fingerprint density at radius 2 is 1.84 bits per heavy atom. The van der Waals surface area contributed by atoms with Gasteiger partial charge in [-0.3, -0.25) is 9.36 Å². The number of benzene rings is 2. The van der Waals surface area contributed by atoms with Gasteiger partial charge in [0.15, 0.2) is 4.80 Å². The summed E-state index contributed by atoms with van der Waals surface area (Å²) in [4.78, 5) is 32.7. The van der Waals surface area contributed by atoms with Gasteiger partial charge in [0.2, 0.25) is 0 Å². The third-order valence-electron chi connectivity index (χ3n) is 6.52. The quantitative estimate of drug-likeness (QED) is 0.371. The number of thiazole rings is 1. The SMILES string of the molecule is CCCC1=C(C(=O)OCC)[C@H](c2cc(OC)ccc2OC)n2c(s/c(=C\c3ccc(C(C)C)cc3)c2=O)=N1. The summed E-state index contributed by atoms with van der Waals surface area (Å²) in [7, 11) is 3.14. The zero-order valence-corrected chi connectivity index (χ0v) is 23.6. The van der Waals surface area contributed by atoms with E-state index in [1.807, 2.05) is 25.1 Å². The van der Waals surface area contributed by atoms with E-state index in [0.717, 1.165) is 12.0 Å². The van der Waals surface area contributed by atoms with Crippen molar-refractivity contribution in [1.29, 1.82) is 0 Å². The molecule has 1 aliphatic heterocycles. The first kappa shape index (κ1) is 27.4. The maximum atomic E-state index is 14.0. The normalized spacial score (nSPS) is 15.3. The second-order valence-electron chi connectivity index (χ2n) is 9.34. The van der Waals surface area contributed by atoms with Crippen LogP contribution in [-0.2, 0) is 9.53 Å². The van der Waals surface area contributed by atoms with Gasteiger partial charge in [0, 0.05) is 5.56 Å². The van der Waals surface area contributed by atoms with Crippen molar-refractivity contribution in [3.8, 4) is 11.5 Å². The summed E-state index contributed by atoms with van der Waals surface area (Å²) in [6.07, 6.45) is 3.22. The van der Waals surface area contributed by atoms with Crippen LogP contribution in [0.25, 0.3) is 6.08 Å². The van der Waals surface area contributed by atoms with E-state index in [1.54, 1.807) is 43.9 Å². The number of esters is 1. The largest absolute Gasteiger partial charge is 0.497 e. The van der Waals surface area contributed by atoms with Crippen LogP contribution in [0.1, 0.15) is 69.2 Å². The van der Waals surface area contributed by atoms with Gasteiger partial charge in [-0.05, 0) is 54.7 Å². The van der Waals surface area contributed by atoms with Crippen molar-refractivity contribution in [2.45, 2.75) is 52.5 Å². The third-order valence-corrected chi connectivity index (χ3v) is 7.51. The molecule has 1 aliphatic rings. The second-order valence-corrected chi connectivity index (χ2v) is 10.4. The van der Waals surface area contributed by atoms with Crippen LogP contribution in [-0.4, -0.2) is 31.4 Å². The van der Waals surface area contributed by atoms with E-state index in [9.17, 15) is 9.59 Å². The van der Waals surface area contributed by atoms with Crippen molar-refractivity contribution < 1.29 is 19.0 Å². The van der Waals surface area contributed by atoms with Crippen molar-refractivity contribution >= 4 is 23.4 Å². The molecule has 0 spiro atoms. The lowest BCUT2D eigenvalue weighted by Crippen LogP contribution is -2.40. The first-order valence-electron chi connectivity index (χ1n) is 12.9. The van der Waals surface area contributed by atoms with Crippen LogP contribution in [0.4, 0.5) is 0 Å². The summed E-state index contributed by atoms with van der Waals surface area (Å²) in [6, 6.07) is 12.8. The minimum atomic E-state index is -0.776. The average Bonchev–Trinajstić information content (AvgIpc) is 3.22. The molecular weight excluding hydrogens is 500 g/mol. The molecule has 0 aliphatic carbocycles. The molecule has 3 aromatic rings.